The van der Waals surface area contributed by atoms with Crippen molar-refractivity contribution in [1.29, 1.82) is 0 Å². The van der Waals surface area contributed by atoms with E-state index in [0.29, 0.717) is 13.6 Å². The van der Waals surface area contributed by atoms with Gasteiger partial charge in [0, 0.05) is 5.33 Å². The summed E-state index contributed by atoms with van der Waals surface area (Å²) < 4.78 is 68.0. The SMILES string of the molecule is O=C(OCCCCCCCCCCCCCCCCCCBr)C(F)(F)S(=O)(=O)OI(c1ccc(I)cc1)c1ccc(I)cc1. The van der Waals surface area contributed by atoms with E-state index in [-0.39, 0.29) is 6.61 Å². The first-order chi connectivity index (χ1) is 21.1. The number of hydrogen-bond donors (Lipinski definition) is 0. The van der Waals surface area contributed by atoms with E-state index in [0.717, 1.165) is 38.2 Å². The van der Waals surface area contributed by atoms with Gasteiger partial charge in [-0.25, -0.2) is 0 Å². The summed E-state index contributed by atoms with van der Waals surface area (Å²) in [6.07, 6.45) is 18.6. The van der Waals surface area contributed by atoms with E-state index in [1.54, 1.807) is 48.5 Å². The van der Waals surface area contributed by atoms with Gasteiger partial charge in [0.15, 0.2) is 0 Å². The van der Waals surface area contributed by atoms with Gasteiger partial charge in [0.1, 0.15) is 0 Å². The van der Waals surface area contributed by atoms with Crippen LogP contribution in [0.4, 0.5) is 8.78 Å². The molecule has 0 unspecified atom stereocenters. The zero-order valence-electron chi connectivity index (χ0n) is 25.1. The van der Waals surface area contributed by atoms with E-state index >= 15 is 0 Å². The van der Waals surface area contributed by atoms with Crippen molar-refractivity contribution in [3.8, 4) is 0 Å². The average Bonchev–Trinajstić information content (AvgIpc) is 3.00. The molecule has 2 aromatic rings. The van der Waals surface area contributed by atoms with E-state index in [1.807, 2.05) is 0 Å². The van der Waals surface area contributed by atoms with Crippen LogP contribution in [0.3, 0.4) is 0 Å². The van der Waals surface area contributed by atoms with Crippen molar-refractivity contribution in [3.63, 3.8) is 0 Å². The number of ether oxygens (including phenoxy) is 1. The Morgan fingerprint density at radius 2 is 1.00 bits per heavy atom. The van der Waals surface area contributed by atoms with Gasteiger partial charge < -0.3 is 0 Å². The first-order valence-corrected chi connectivity index (χ1v) is 23.1. The number of alkyl halides is 3. The summed E-state index contributed by atoms with van der Waals surface area (Å²) in [6, 6.07) is 13.7. The molecular weight excluding hydrogens is 995 g/mol. The molecule has 0 bridgehead atoms. The summed E-state index contributed by atoms with van der Waals surface area (Å²) in [5.74, 6) is -2.09. The molecule has 0 saturated heterocycles. The molecule has 0 aromatic heterocycles. The van der Waals surface area contributed by atoms with Gasteiger partial charge in [-0.05, 0) is 6.42 Å². The number of carbonyl (C=O) groups excluding carboxylic acids is 1. The van der Waals surface area contributed by atoms with Crippen molar-refractivity contribution in [2.24, 2.45) is 0 Å². The third-order valence-electron chi connectivity index (χ3n) is 6.96. The topological polar surface area (TPSA) is 69.7 Å². The predicted octanol–water partition coefficient (Wildman–Crippen LogP) is 11.5. The third kappa shape index (κ3) is 15.5. The van der Waals surface area contributed by atoms with Crippen LogP contribution in [0.15, 0.2) is 48.5 Å². The zero-order chi connectivity index (χ0) is 32.3. The fourth-order valence-corrected chi connectivity index (χ4v) is 12.3. The molecule has 0 aliphatic carbocycles. The van der Waals surface area contributed by atoms with Gasteiger partial charge in [-0.1, -0.05) is 73.7 Å². The molecule has 12 heteroatoms. The first-order valence-electron chi connectivity index (χ1n) is 15.3. The van der Waals surface area contributed by atoms with Gasteiger partial charge in [0.25, 0.3) is 0 Å². The fraction of sp³-hybridized carbons (Fsp3) is 0.594. The van der Waals surface area contributed by atoms with Crippen LogP contribution in [0.25, 0.3) is 0 Å². The minimum atomic E-state index is -5.59. The second kappa shape index (κ2) is 22.8. The molecule has 0 aliphatic heterocycles. The van der Waals surface area contributed by atoms with Crippen molar-refractivity contribution in [3.05, 3.63) is 62.8 Å². The number of hydrogen-bond acceptors (Lipinski definition) is 5. The molecule has 2 aromatic carbocycles. The number of carbonyl (C=O) groups is 1. The van der Waals surface area contributed by atoms with E-state index in [4.69, 9.17) is 7.25 Å². The van der Waals surface area contributed by atoms with Gasteiger partial charge in [0.05, 0.1) is 0 Å². The Kier molecular flexibility index (Phi) is 21.0. The van der Waals surface area contributed by atoms with Gasteiger partial charge >= 0.3 is 224 Å². The normalized spacial score (nSPS) is 12.3. The average molecular weight is 1040 g/mol. The summed E-state index contributed by atoms with van der Waals surface area (Å²) >= 11 is 4.34. The molecule has 250 valence electrons. The molecule has 5 nitrogen and oxygen atoms in total. The Morgan fingerprint density at radius 3 is 1.36 bits per heavy atom. The van der Waals surface area contributed by atoms with Crippen LogP contribution in [-0.4, -0.2) is 31.6 Å². The van der Waals surface area contributed by atoms with Crippen LogP contribution in [-0.2, 0) is 22.2 Å². The number of halogens is 6. The molecule has 0 radical (unpaired) electrons. The summed E-state index contributed by atoms with van der Waals surface area (Å²) in [4.78, 5) is 12.2. The number of rotatable bonds is 24. The summed E-state index contributed by atoms with van der Waals surface area (Å²) in [7, 11) is -5.59. The van der Waals surface area contributed by atoms with Crippen LogP contribution in [0.5, 0.6) is 0 Å². The molecule has 0 N–H and O–H groups in total. The molecule has 0 heterocycles. The quantitative estimate of drug-likeness (QED) is 0.0453. The second-order valence-corrected chi connectivity index (χ2v) is 20.5. The van der Waals surface area contributed by atoms with Crippen LogP contribution < -0.4 is 0 Å². The molecule has 0 fully saturated rings. The molecule has 2 rings (SSSR count). The first kappa shape index (κ1) is 40.5. The number of esters is 1. The number of benzene rings is 2. The molecule has 0 spiro atoms. The number of unbranched alkanes of at least 4 members (excludes halogenated alkanes) is 15. The van der Waals surface area contributed by atoms with Crippen molar-refractivity contribution in [2.75, 3.05) is 11.9 Å². The Bertz CT molecular complexity index is 1140. The van der Waals surface area contributed by atoms with Crippen molar-refractivity contribution < 1.29 is 29.2 Å². The Balaban J connectivity index is 1.66. The molecular formula is C32H44BrF2I3O5S. The van der Waals surface area contributed by atoms with Crippen molar-refractivity contribution >= 4 is 97.4 Å². The molecule has 0 atom stereocenters. The molecule has 0 saturated carbocycles. The van der Waals surface area contributed by atoms with Crippen LogP contribution in [0.2, 0.25) is 0 Å². The zero-order valence-corrected chi connectivity index (χ0v) is 33.9. The van der Waals surface area contributed by atoms with Gasteiger partial charge in [-0.15, -0.1) is 0 Å². The Labute approximate surface area is 306 Å². The maximum absolute atomic E-state index is 14.9. The molecule has 0 aliphatic rings. The Morgan fingerprint density at radius 1 is 0.659 bits per heavy atom. The monoisotopic (exact) mass is 1040 g/mol. The van der Waals surface area contributed by atoms with Gasteiger partial charge in [-0.3, -0.25) is 0 Å². The summed E-state index contributed by atoms with van der Waals surface area (Å²) in [6.45, 7) is -0.253. The van der Waals surface area contributed by atoms with Crippen LogP contribution >= 0.6 is 81.3 Å². The van der Waals surface area contributed by atoms with Crippen LogP contribution in [0.1, 0.15) is 103 Å². The van der Waals surface area contributed by atoms with Gasteiger partial charge in [0.2, 0.25) is 0 Å². The summed E-state index contributed by atoms with van der Waals surface area (Å²) in [5.41, 5.74) is 0. The molecule has 44 heavy (non-hydrogen) atoms. The van der Waals surface area contributed by atoms with Crippen LogP contribution in [0, 0.1) is 14.3 Å². The van der Waals surface area contributed by atoms with Crippen molar-refractivity contribution in [2.45, 2.75) is 108 Å². The second-order valence-electron chi connectivity index (χ2n) is 10.6. The van der Waals surface area contributed by atoms with E-state index in [1.165, 1.54) is 70.6 Å². The standard InChI is InChI=1S/C32H44BrF2I3O5S/c33-25-15-13-11-9-7-5-3-1-2-4-6-8-10-12-14-16-26-42-31(39)32(34,35)44(40,41)43-38(29-21-17-27(36)18-22-29)30-23-19-28(37)20-24-30/h17-24H,1-16,25-26H2. The van der Waals surface area contributed by atoms with Crippen molar-refractivity contribution in [1.82, 2.24) is 0 Å². The van der Waals surface area contributed by atoms with E-state index in [9.17, 15) is 22.0 Å². The fourth-order valence-electron chi connectivity index (χ4n) is 4.43. The Hall–Kier alpha value is 0.350. The predicted molar refractivity (Wildman–Crippen MR) is 203 cm³/mol. The van der Waals surface area contributed by atoms with E-state index < -0.39 is 41.6 Å². The van der Waals surface area contributed by atoms with Gasteiger partial charge in [-0.2, -0.15) is 0 Å². The van der Waals surface area contributed by atoms with E-state index in [2.05, 4.69) is 61.1 Å². The third-order valence-corrected chi connectivity index (χ3v) is 16.2. The molecule has 0 amide bonds. The maximum atomic E-state index is 14.9. The minimum absolute atomic E-state index is 0.253. The summed E-state index contributed by atoms with van der Waals surface area (Å²) in [5, 5.41) is -3.69.